The lowest BCUT2D eigenvalue weighted by atomic mass is 9.95. The van der Waals surface area contributed by atoms with E-state index in [1.807, 2.05) is 6.92 Å². The molecule has 1 saturated heterocycles. The van der Waals surface area contributed by atoms with Gasteiger partial charge in [0.25, 0.3) is 5.91 Å². The summed E-state index contributed by atoms with van der Waals surface area (Å²) in [6, 6.07) is 3.18. The fourth-order valence-electron chi connectivity index (χ4n) is 2.67. The van der Waals surface area contributed by atoms with Crippen LogP contribution in [0.3, 0.4) is 0 Å². The minimum Gasteiger partial charge on any atom is -0.494 e. The molecule has 1 aromatic carbocycles. The second-order valence-electron chi connectivity index (χ2n) is 6.03. The molecular weight excluding hydrogens is 315 g/mol. The number of unbranched alkanes of at least 4 members (excludes halogenated alkanes) is 1. The number of hydrogen-bond donors (Lipinski definition) is 1. The Kier molecular flexibility index (Phi) is 5.21. The SMILES string of the molecule is CCCC[C@]1(C)NC(=O)N(CC(=O)c2ccc(OC)c(F)c2)C1=O. The molecule has 0 saturated carbocycles. The van der Waals surface area contributed by atoms with Crippen LogP contribution in [-0.2, 0) is 4.79 Å². The molecule has 130 valence electrons. The van der Waals surface area contributed by atoms with Crippen molar-refractivity contribution in [1.29, 1.82) is 0 Å². The molecule has 1 heterocycles. The van der Waals surface area contributed by atoms with Gasteiger partial charge in [-0.3, -0.25) is 14.5 Å². The zero-order valence-corrected chi connectivity index (χ0v) is 14.0. The second kappa shape index (κ2) is 6.98. The highest BCUT2D eigenvalue weighted by molar-refractivity contribution is 6.11. The summed E-state index contributed by atoms with van der Waals surface area (Å²) < 4.78 is 18.5. The molecule has 1 aliphatic heterocycles. The number of carbonyl (C=O) groups excluding carboxylic acids is 3. The predicted molar refractivity (Wildman–Crippen MR) is 85.5 cm³/mol. The molecule has 1 atom stereocenters. The van der Waals surface area contributed by atoms with Crippen molar-refractivity contribution in [2.75, 3.05) is 13.7 Å². The normalized spacial score (nSPS) is 20.2. The van der Waals surface area contributed by atoms with Gasteiger partial charge in [-0.05, 0) is 31.5 Å². The summed E-state index contributed by atoms with van der Waals surface area (Å²) in [5, 5.41) is 2.64. The summed E-state index contributed by atoms with van der Waals surface area (Å²) in [6.07, 6.45) is 2.19. The number of carbonyl (C=O) groups is 3. The number of rotatable bonds is 7. The maximum absolute atomic E-state index is 13.7. The molecule has 0 spiro atoms. The van der Waals surface area contributed by atoms with Crippen molar-refractivity contribution < 1.29 is 23.5 Å². The van der Waals surface area contributed by atoms with E-state index in [2.05, 4.69) is 5.32 Å². The third-order valence-electron chi connectivity index (χ3n) is 4.15. The number of halogens is 1. The van der Waals surface area contributed by atoms with Crippen molar-refractivity contribution in [1.82, 2.24) is 10.2 Å². The zero-order valence-electron chi connectivity index (χ0n) is 14.0. The molecule has 0 unspecified atom stereocenters. The summed E-state index contributed by atoms with van der Waals surface area (Å²) in [5.74, 6) is -1.59. The van der Waals surface area contributed by atoms with Crippen molar-refractivity contribution >= 4 is 17.7 Å². The topological polar surface area (TPSA) is 75.7 Å². The van der Waals surface area contributed by atoms with E-state index in [4.69, 9.17) is 4.74 Å². The molecule has 1 fully saturated rings. The van der Waals surface area contributed by atoms with Crippen LogP contribution in [0.25, 0.3) is 0 Å². The smallest absolute Gasteiger partial charge is 0.325 e. The van der Waals surface area contributed by atoms with Crippen molar-refractivity contribution in [3.63, 3.8) is 0 Å². The van der Waals surface area contributed by atoms with E-state index < -0.39 is 35.6 Å². The summed E-state index contributed by atoms with van der Waals surface area (Å²) >= 11 is 0. The maximum Gasteiger partial charge on any atom is 0.325 e. The number of urea groups is 1. The first-order valence-corrected chi connectivity index (χ1v) is 7.83. The van der Waals surface area contributed by atoms with Crippen molar-refractivity contribution in [3.8, 4) is 5.75 Å². The molecule has 0 aromatic heterocycles. The van der Waals surface area contributed by atoms with Crippen LogP contribution in [0.15, 0.2) is 18.2 Å². The molecule has 1 N–H and O–H groups in total. The molecule has 1 aliphatic rings. The third kappa shape index (κ3) is 3.39. The van der Waals surface area contributed by atoms with E-state index in [1.54, 1.807) is 6.92 Å². The Hall–Kier alpha value is -2.44. The fraction of sp³-hybridized carbons (Fsp3) is 0.471. The first-order chi connectivity index (χ1) is 11.3. The van der Waals surface area contributed by atoms with Crippen LogP contribution in [0.5, 0.6) is 5.75 Å². The first kappa shape index (κ1) is 17.9. The third-order valence-corrected chi connectivity index (χ3v) is 4.15. The highest BCUT2D eigenvalue weighted by Gasteiger charge is 2.47. The Balaban J connectivity index is 2.12. The Labute approximate surface area is 140 Å². The Morgan fingerprint density at radius 2 is 2.08 bits per heavy atom. The van der Waals surface area contributed by atoms with Gasteiger partial charge >= 0.3 is 6.03 Å². The summed E-state index contributed by atoms with van der Waals surface area (Å²) in [7, 11) is 1.32. The van der Waals surface area contributed by atoms with Crippen LogP contribution in [0.4, 0.5) is 9.18 Å². The van der Waals surface area contributed by atoms with Gasteiger partial charge in [-0.1, -0.05) is 19.8 Å². The van der Waals surface area contributed by atoms with E-state index in [0.29, 0.717) is 6.42 Å². The monoisotopic (exact) mass is 336 g/mol. The lowest BCUT2D eigenvalue weighted by molar-refractivity contribution is -0.130. The molecule has 0 radical (unpaired) electrons. The average Bonchev–Trinajstić information content (AvgIpc) is 2.76. The number of ether oxygens (including phenoxy) is 1. The molecule has 1 aromatic rings. The summed E-state index contributed by atoms with van der Waals surface area (Å²) in [6.45, 7) is 3.22. The van der Waals surface area contributed by atoms with Crippen LogP contribution < -0.4 is 10.1 Å². The highest BCUT2D eigenvalue weighted by atomic mass is 19.1. The number of nitrogens with one attached hydrogen (secondary N) is 1. The summed E-state index contributed by atoms with van der Waals surface area (Å²) in [4.78, 5) is 37.7. The minimum absolute atomic E-state index is 0.0219. The lowest BCUT2D eigenvalue weighted by Crippen LogP contribution is -2.44. The Morgan fingerprint density at radius 3 is 2.67 bits per heavy atom. The maximum atomic E-state index is 13.7. The minimum atomic E-state index is -0.988. The van der Waals surface area contributed by atoms with Gasteiger partial charge in [0.1, 0.15) is 5.54 Å². The average molecular weight is 336 g/mol. The number of ketones is 1. The summed E-state index contributed by atoms with van der Waals surface area (Å²) in [5.41, 5.74) is -0.908. The van der Waals surface area contributed by atoms with Crippen LogP contribution in [-0.4, -0.2) is 41.8 Å². The number of benzene rings is 1. The van der Waals surface area contributed by atoms with E-state index in [-0.39, 0.29) is 11.3 Å². The van der Waals surface area contributed by atoms with Gasteiger partial charge < -0.3 is 10.1 Å². The predicted octanol–water partition coefficient (Wildman–Crippen LogP) is 2.52. The number of hydrogen-bond acceptors (Lipinski definition) is 4. The van der Waals surface area contributed by atoms with Crippen molar-refractivity contribution in [3.05, 3.63) is 29.6 Å². The Morgan fingerprint density at radius 1 is 1.38 bits per heavy atom. The van der Waals surface area contributed by atoms with Crippen LogP contribution in [0.1, 0.15) is 43.5 Å². The van der Waals surface area contributed by atoms with Crippen LogP contribution in [0, 0.1) is 5.82 Å². The standard InChI is InChI=1S/C17H21FN2O4/c1-4-5-8-17(2)15(22)20(16(23)19-17)10-13(21)11-6-7-14(24-3)12(18)9-11/h6-7,9H,4-5,8,10H2,1-3H3,(H,19,23)/t17-/m0/s1. The van der Waals surface area contributed by atoms with Crippen molar-refractivity contribution in [2.45, 2.75) is 38.6 Å². The quantitative estimate of drug-likeness (QED) is 0.613. The highest BCUT2D eigenvalue weighted by Crippen LogP contribution is 2.24. The molecule has 7 heteroatoms. The van der Waals surface area contributed by atoms with Gasteiger partial charge in [0.15, 0.2) is 17.3 Å². The van der Waals surface area contributed by atoms with Gasteiger partial charge in [-0.15, -0.1) is 0 Å². The number of amides is 3. The van der Waals surface area contributed by atoms with E-state index in [9.17, 15) is 18.8 Å². The lowest BCUT2D eigenvalue weighted by Gasteiger charge is -2.21. The molecule has 0 aliphatic carbocycles. The number of imide groups is 1. The van der Waals surface area contributed by atoms with Crippen LogP contribution >= 0.6 is 0 Å². The fourth-order valence-corrected chi connectivity index (χ4v) is 2.67. The van der Waals surface area contributed by atoms with Crippen molar-refractivity contribution in [2.24, 2.45) is 0 Å². The van der Waals surface area contributed by atoms with E-state index >= 15 is 0 Å². The molecule has 0 bridgehead atoms. The molecular formula is C17H21FN2O4. The van der Waals surface area contributed by atoms with Gasteiger partial charge in [-0.2, -0.15) is 0 Å². The zero-order chi connectivity index (χ0) is 17.9. The number of methoxy groups -OCH3 is 1. The van der Waals surface area contributed by atoms with Gasteiger partial charge in [0, 0.05) is 5.56 Å². The molecule has 24 heavy (non-hydrogen) atoms. The van der Waals surface area contributed by atoms with E-state index in [1.165, 1.54) is 19.2 Å². The number of Topliss-reactive ketones (excluding diaryl/α,β-unsaturated/α-hetero) is 1. The van der Waals surface area contributed by atoms with Crippen LogP contribution in [0.2, 0.25) is 0 Å². The molecule has 3 amide bonds. The van der Waals surface area contributed by atoms with Gasteiger partial charge in [0.2, 0.25) is 0 Å². The molecule has 6 nitrogen and oxygen atoms in total. The van der Waals surface area contributed by atoms with Gasteiger partial charge in [-0.25, -0.2) is 9.18 Å². The Bertz CT molecular complexity index is 677. The van der Waals surface area contributed by atoms with E-state index in [0.717, 1.165) is 23.8 Å². The second-order valence-corrected chi connectivity index (χ2v) is 6.03. The largest absolute Gasteiger partial charge is 0.494 e. The van der Waals surface area contributed by atoms with Gasteiger partial charge in [0.05, 0.1) is 13.7 Å². The molecule has 2 rings (SSSR count). The number of nitrogens with zero attached hydrogens (tertiary/aromatic N) is 1. The first-order valence-electron chi connectivity index (χ1n) is 7.83.